The molecule has 600 valence electrons. The molecule has 0 spiro atoms. The van der Waals surface area contributed by atoms with E-state index in [4.69, 9.17) is 37.0 Å². The Morgan fingerprint density at radius 3 is 0.673 bits per heavy atom. The zero-order chi connectivity index (χ0) is 74.2. The third-order valence-electron chi connectivity index (χ3n) is 19.2. The van der Waals surface area contributed by atoms with Crippen LogP contribution in [0.3, 0.4) is 0 Å². The van der Waals surface area contributed by atoms with Crippen LogP contribution in [0.1, 0.15) is 433 Å². The van der Waals surface area contributed by atoms with Crippen molar-refractivity contribution in [2.45, 2.75) is 452 Å². The lowest BCUT2D eigenvalue weighted by molar-refractivity contribution is -0.161. The van der Waals surface area contributed by atoms with Crippen LogP contribution in [0.15, 0.2) is 0 Å². The van der Waals surface area contributed by atoms with E-state index in [-0.39, 0.29) is 25.7 Å². The molecular formula is C82H160O17P2. The van der Waals surface area contributed by atoms with Crippen molar-refractivity contribution in [1.82, 2.24) is 0 Å². The SMILES string of the molecule is CCCCCCCCCCCCCCCCCCCC(=O)OC[C@H](COP(=O)(O)OC[C@@H](O)COP(=O)(O)OC[C@@H](COC(=O)CCCCCCCCC)OC(=O)CCCCCCCCCCCCCCCC(C)C)OC(=O)CCCCCCCCCCCCCCCCCCCCC(C)C. The number of aliphatic hydroxyl groups is 1. The molecule has 0 aromatic rings. The summed E-state index contributed by atoms with van der Waals surface area (Å²) in [6.45, 7) is 9.65. The molecule has 0 heterocycles. The van der Waals surface area contributed by atoms with Gasteiger partial charge in [0, 0.05) is 25.7 Å². The normalized spacial score (nSPS) is 13.9. The van der Waals surface area contributed by atoms with E-state index in [1.165, 1.54) is 238 Å². The summed E-state index contributed by atoms with van der Waals surface area (Å²) in [6.07, 6.45) is 64.0. The standard InChI is InChI=1S/C82H160O17P2/c1-7-9-11-13-15-16-17-18-19-22-26-31-36-41-47-53-59-65-80(85)93-71-78(99-82(87)66-60-54-48-42-37-32-27-24-21-20-23-25-29-34-39-45-50-56-62-74(3)4)73-97-101(90,91)95-69-76(83)68-94-100(88,89)96-72-77(70-92-79(84)64-58-52-44-14-12-10-8-2)98-81(86)67-61-55-49-43-38-33-28-30-35-40-46-51-57-63-75(5)6/h74-78,83H,7-73H2,1-6H3,(H,88,89)(H,90,91)/t76-,77+,78+/m0/s1. The molecule has 0 saturated carbocycles. The van der Waals surface area contributed by atoms with Gasteiger partial charge in [-0.1, -0.05) is 382 Å². The zero-order valence-corrected chi connectivity index (χ0v) is 68.0. The van der Waals surface area contributed by atoms with Crippen LogP contribution in [0, 0.1) is 11.8 Å². The van der Waals surface area contributed by atoms with Crippen molar-refractivity contribution >= 4 is 39.5 Å². The average molecular weight is 1480 g/mol. The Labute approximate surface area is 619 Å². The van der Waals surface area contributed by atoms with Crippen molar-refractivity contribution in [3.8, 4) is 0 Å². The van der Waals surface area contributed by atoms with Crippen LogP contribution in [0.4, 0.5) is 0 Å². The van der Waals surface area contributed by atoms with Gasteiger partial charge in [0.2, 0.25) is 0 Å². The second-order valence-electron chi connectivity index (χ2n) is 30.5. The maximum absolute atomic E-state index is 13.1. The van der Waals surface area contributed by atoms with Gasteiger partial charge in [0.05, 0.1) is 26.4 Å². The van der Waals surface area contributed by atoms with Gasteiger partial charge in [0.1, 0.15) is 19.3 Å². The number of phosphoric ester groups is 2. The molecule has 101 heavy (non-hydrogen) atoms. The Morgan fingerprint density at radius 2 is 0.455 bits per heavy atom. The summed E-state index contributed by atoms with van der Waals surface area (Å²) in [5.74, 6) is -0.504. The summed E-state index contributed by atoms with van der Waals surface area (Å²) in [5.41, 5.74) is 0. The Morgan fingerprint density at radius 1 is 0.267 bits per heavy atom. The first kappa shape index (κ1) is 99.1. The van der Waals surface area contributed by atoms with E-state index in [1.807, 2.05) is 0 Å². The average Bonchev–Trinajstić information content (AvgIpc) is 1.01. The predicted octanol–water partition coefficient (Wildman–Crippen LogP) is 24.7. The molecule has 0 aliphatic heterocycles. The van der Waals surface area contributed by atoms with Crippen molar-refractivity contribution in [2.75, 3.05) is 39.6 Å². The van der Waals surface area contributed by atoms with E-state index in [2.05, 4.69) is 41.5 Å². The first-order valence-electron chi connectivity index (χ1n) is 42.5. The Kier molecular flexibility index (Phi) is 72.2. The first-order valence-corrected chi connectivity index (χ1v) is 45.5. The van der Waals surface area contributed by atoms with Gasteiger partial charge in [-0.25, -0.2) is 9.13 Å². The number of carbonyl (C=O) groups is 4. The summed E-state index contributed by atoms with van der Waals surface area (Å²) < 4.78 is 68.6. The number of phosphoric acid groups is 2. The number of unbranched alkanes of at least 4 members (excludes halogenated alkanes) is 51. The van der Waals surface area contributed by atoms with Gasteiger partial charge in [-0.05, 0) is 37.5 Å². The number of ether oxygens (including phenoxy) is 4. The van der Waals surface area contributed by atoms with Crippen LogP contribution in [0.2, 0.25) is 0 Å². The third-order valence-corrected chi connectivity index (χ3v) is 21.1. The lowest BCUT2D eigenvalue weighted by Gasteiger charge is -2.21. The largest absolute Gasteiger partial charge is 0.472 e. The van der Waals surface area contributed by atoms with Gasteiger partial charge in [-0.15, -0.1) is 0 Å². The highest BCUT2D eigenvalue weighted by Gasteiger charge is 2.30. The molecule has 0 fully saturated rings. The fourth-order valence-electron chi connectivity index (χ4n) is 12.7. The fourth-order valence-corrected chi connectivity index (χ4v) is 14.3. The van der Waals surface area contributed by atoms with Crippen molar-refractivity contribution in [3.63, 3.8) is 0 Å². The van der Waals surface area contributed by atoms with Crippen LogP contribution >= 0.6 is 15.6 Å². The van der Waals surface area contributed by atoms with Crippen molar-refractivity contribution < 1.29 is 80.2 Å². The molecule has 0 aliphatic rings. The minimum absolute atomic E-state index is 0.107. The van der Waals surface area contributed by atoms with Crippen LogP contribution < -0.4 is 0 Å². The summed E-state index contributed by atoms with van der Waals surface area (Å²) >= 11 is 0. The lowest BCUT2D eigenvalue weighted by atomic mass is 10.0. The molecule has 0 amide bonds. The van der Waals surface area contributed by atoms with Crippen LogP contribution in [0.5, 0.6) is 0 Å². The topological polar surface area (TPSA) is 237 Å². The summed E-state index contributed by atoms with van der Waals surface area (Å²) in [7, 11) is -9.92. The van der Waals surface area contributed by atoms with Gasteiger partial charge >= 0.3 is 39.5 Å². The summed E-state index contributed by atoms with van der Waals surface area (Å²) in [6, 6.07) is 0. The molecule has 3 N–H and O–H groups in total. The number of hydrogen-bond donors (Lipinski definition) is 3. The first-order chi connectivity index (χ1) is 48.9. The Bertz CT molecular complexity index is 1940. The zero-order valence-electron chi connectivity index (χ0n) is 66.2. The second kappa shape index (κ2) is 73.6. The van der Waals surface area contributed by atoms with Gasteiger partial charge in [0.25, 0.3) is 0 Å². The maximum Gasteiger partial charge on any atom is 0.472 e. The number of hydrogen-bond acceptors (Lipinski definition) is 15. The van der Waals surface area contributed by atoms with Crippen LogP contribution in [-0.4, -0.2) is 96.7 Å². The molecular weight excluding hydrogens is 1320 g/mol. The molecule has 0 rings (SSSR count). The Hall–Kier alpha value is -1.94. The molecule has 19 heteroatoms. The van der Waals surface area contributed by atoms with E-state index in [0.717, 1.165) is 115 Å². The highest BCUT2D eigenvalue weighted by molar-refractivity contribution is 7.47. The minimum atomic E-state index is -4.96. The van der Waals surface area contributed by atoms with Gasteiger partial charge < -0.3 is 33.8 Å². The molecule has 2 unspecified atom stereocenters. The van der Waals surface area contributed by atoms with E-state index in [9.17, 15) is 43.2 Å². The molecule has 0 aromatic heterocycles. The van der Waals surface area contributed by atoms with Gasteiger partial charge in [-0.2, -0.15) is 0 Å². The molecule has 0 aliphatic carbocycles. The summed E-state index contributed by atoms with van der Waals surface area (Å²) in [5, 5.41) is 10.6. The van der Waals surface area contributed by atoms with E-state index >= 15 is 0 Å². The van der Waals surface area contributed by atoms with Crippen molar-refractivity contribution in [2.24, 2.45) is 11.8 Å². The fraction of sp³-hybridized carbons (Fsp3) is 0.951. The van der Waals surface area contributed by atoms with E-state index in [1.54, 1.807) is 0 Å². The van der Waals surface area contributed by atoms with Gasteiger partial charge in [-0.3, -0.25) is 37.3 Å². The van der Waals surface area contributed by atoms with Crippen LogP contribution in [0.25, 0.3) is 0 Å². The molecule has 0 saturated heterocycles. The van der Waals surface area contributed by atoms with E-state index < -0.39 is 97.5 Å². The van der Waals surface area contributed by atoms with Crippen molar-refractivity contribution in [1.29, 1.82) is 0 Å². The molecule has 0 aromatic carbocycles. The minimum Gasteiger partial charge on any atom is -0.462 e. The van der Waals surface area contributed by atoms with Crippen molar-refractivity contribution in [3.05, 3.63) is 0 Å². The molecule has 0 radical (unpaired) electrons. The lowest BCUT2D eigenvalue weighted by Crippen LogP contribution is -2.30. The number of aliphatic hydroxyl groups excluding tert-OH is 1. The quantitative estimate of drug-likeness (QED) is 0.0222. The highest BCUT2D eigenvalue weighted by atomic mass is 31.2. The number of esters is 4. The van der Waals surface area contributed by atoms with E-state index in [0.29, 0.717) is 25.7 Å². The Balaban J connectivity index is 5.17. The smallest absolute Gasteiger partial charge is 0.462 e. The predicted molar refractivity (Wildman–Crippen MR) is 414 cm³/mol. The third kappa shape index (κ3) is 76.1. The molecule has 0 bridgehead atoms. The maximum atomic E-state index is 13.1. The highest BCUT2D eigenvalue weighted by Crippen LogP contribution is 2.45. The number of carbonyl (C=O) groups excluding carboxylic acids is 4. The molecule has 17 nitrogen and oxygen atoms in total. The van der Waals surface area contributed by atoms with Crippen LogP contribution in [-0.2, 0) is 65.4 Å². The molecule has 5 atom stereocenters. The number of rotatable bonds is 81. The van der Waals surface area contributed by atoms with Gasteiger partial charge in [0.15, 0.2) is 12.2 Å². The summed E-state index contributed by atoms with van der Waals surface area (Å²) in [4.78, 5) is 72.9. The monoisotopic (exact) mass is 1480 g/mol. The second-order valence-corrected chi connectivity index (χ2v) is 33.4.